The van der Waals surface area contributed by atoms with Crippen molar-refractivity contribution in [1.82, 2.24) is 14.9 Å². The van der Waals surface area contributed by atoms with Crippen LogP contribution in [0, 0.1) is 11.6 Å². The van der Waals surface area contributed by atoms with Crippen LogP contribution >= 0.6 is 0 Å². The second-order valence-electron chi connectivity index (χ2n) is 8.55. The highest BCUT2D eigenvalue weighted by Gasteiger charge is 2.43. The van der Waals surface area contributed by atoms with Gasteiger partial charge in [-0.3, -0.25) is 4.99 Å². The van der Waals surface area contributed by atoms with E-state index in [-0.39, 0.29) is 18.6 Å². The standard InChI is InChI=1S/C21H30F2N4O2S/c22-16-7-8-19(18(23)15-16)30(28,29)27-13-9-21(10-14-27)20(24-11-4-12-25-21)26-17-5-2-1-3-6-17/h7-8,15,17,25H,1-6,9-14H2,(H,24,26). The number of halogens is 2. The Balaban J connectivity index is 1.50. The first-order valence-electron chi connectivity index (χ1n) is 10.9. The molecule has 1 aliphatic carbocycles. The summed E-state index contributed by atoms with van der Waals surface area (Å²) in [6, 6.07) is 3.02. The van der Waals surface area contributed by atoms with Crippen molar-refractivity contribution in [2.24, 2.45) is 4.99 Å². The number of hydrogen-bond acceptors (Lipinski definition) is 5. The number of sulfonamides is 1. The first-order chi connectivity index (χ1) is 14.4. The third-order valence-electron chi connectivity index (χ3n) is 6.56. The summed E-state index contributed by atoms with van der Waals surface area (Å²) in [6.07, 6.45) is 8.07. The lowest BCUT2D eigenvalue weighted by Gasteiger charge is -2.43. The van der Waals surface area contributed by atoms with Gasteiger partial charge < -0.3 is 10.6 Å². The molecule has 0 amide bonds. The molecule has 1 aromatic carbocycles. The third-order valence-corrected chi connectivity index (χ3v) is 8.49. The number of aliphatic imine (C=N–C) groups is 1. The SMILES string of the molecule is O=S(=O)(c1ccc(F)cc1F)N1CCC2(CC1)NCCCN=C2NC1CCCCC1. The fraction of sp³-hybridized carbons (Fsp3) is 0.667. The lowest BCUT2D eigenvalue weighted by atomic mass is 9.85. The van der Waals surface area contributed by atoms with Crippen LogP contribution in [0.15, 0.2) is 28.1 Å². The molecule has 0 atom stereocenters. The molecule has 1 saturated heterocycles. The lowest BCUT2D eigenvalue weighted by Crippen LogP contribution is -2.63. The molecule has 1 saturated carbocycles. The molecule has 0 aromatic heterocycles. The van der Waals surface area contributed by atoms with E-state index in [1.807, 2.05) is 0 Å². The van der Waals surface area contributed by atoms with Gasteiger partial charge in [0.05, 0.1) is 5.54 Å². The summed E-state index contributed by atoms with van der Waals surface area (Å²) in [5, 5.41) is 7.31. The summed E-state index contributed by atoms with van der Waals surface area (Å²) in [7, 11) is -4.01. The van der Waals surface area contributed by atoms with Gasteiger partial charge in [-0.2, -0.15) is 4.31 Å². The second kappa shape index (κ2) is 8.88. The van der Waals surface area contributed by atoms with E-state index in [1.165, 1.54) is 23.6 Å². The normalized spacial score (nSPS) is 23.7. The quantitative estimate of drug-likeness (QED) is 0.758. The van der Waals surface area contributed by atoms with E-state index in [0.29, 0.717) is 24.9 Å². The molecule has 0 bridgehead atoms. The van der Waals surface area contributed by atoms with Crippen molar-refractivity contribution in [3.05, 3.63) is 29.8 Å². The minimum atomic E-state index is -4.01. The Labute approximate surface area is 177 Å². The van der Waals surface area contributed by atoms with Gasteiger partial charge in [-0.1, -0.05) is 19.3 Å². The molecule has 2 N–H and O–H groups in total. The van der Waals surface area contributed by atoms with Crippen LogP contribution < -0.4 is 10.6 Å². The molecule has 3 aliphatic rings. The van der Waals surface area contributed by atoms with E-state index in [0.717, 1.165) is 50.3 Å². The fourth-order valence-corrected chi connectivity index (χ4v) is 6.29. The van der Waals surface area contributed by atoms with Crippen LogP contribution in [0.1, 0.15) is 51.4 Å². The number of piperidine rings is 1. The number of nitrogens with zero attached hydrogens (tertiary/aromatic N) is 2. The van der Waals surface area contributed by atoms with E-state index in [1.54, 1.807) is 0 Å². The fourth-order valence-electron chi connectivity index (χ4n) is 4.80. The maximum Gasteiger partial charge on any atom is 0.245 e. The first-order valence-corrected chi connectivity index (χ1v) is 12.4. The predicted molar refractivity (Wildman–Crippen MR) is 112 cm³/mol. The van der Waals surface area contributed by atoms with Gasteiger partial charge in [0.25, 0.3) is 0 Å². The van der Waals surface area contributed by atoms with Crippen LogP contribution in [0.3, 0.4) is 0 Å². The van der Waals surface area contributed by atoms with Crippen LogP contribution in [-0.4, -0.2) is 56.3 Å². The maximum absolute atomic E-state index is 14.1. The summed E-state index contributed by atoms with van der Waals surface area (Å²) < 4.78 is 54.6. The first kappa shape index (κ1) is 21.6. The van der Waals surface area contributed by atoms with Crippen molar-refractivity contribution in [1.29, 1.82) is 0 Å². The minimum absolute atomic E-state index is 0.261. The van der Waals surface area contributed by atoms with Crippen molar-refractivity contribution < 1.29 is 17.2 Å². The molecule has 6 nitrogen and oxygen atoms in total. The molecule has 0 unspecified atom stereocenters. The zero-order valence-corrected chi connectivity index (χ0v) is 18.0. The van der Waals surface area contributed by atoms with Crippen molar-refractivity contribution in [2.75, 3.05) is 26.2 Å². The third kappa shape index (κ3) is 4.38. The zero-order valence-electron chi connectivity index (χ0n) is 17.2. The Bertz CT molecular complexity index is 892. The number of benzene rings is 1. The smallest absolute Gasteiger partial charge is 0.245 e. The van der Waals surface area contributed by atoms with Crippen LogP contribution in [0.2, 0.25) is 0 Å². The number of rotatable bonds is 3. The van der Waals surface area contributed by atoms with Gasteiger partial charge in [-0.25, -0.2) is 17.2 Å². The van der Waals surface area contributed by atoms with Gasteiger partial charge in [0.2, 0.25) is 10.0 Å². The second-order valence-corrected chi connectivity index (χ2v) is 10.5. The Hall–Kier alpha value is -1.58. The highest BCUT2D eigenvalue weighted by molar-refractivity contribution is 7.89. The monoisotopic (exact) mass is 440 g/mol. The molecule has 30 heavy (non-hydrogen) atoms. The number of hydrogen-bond donors (Lipinski definition) is 2. The van der Waals surface area contributed by atoms with Gasteiger partial charge in [0.15, 0.2) is 0 Å². The average Bonchev–Trinajstić information content (AvgIpc) is 2.91. The van der Waals surface area contributed by atoms with Gasteiger partial charge in [0, 0.05) is 31.7 Å². The van der Waals surface area contributed by atoms with E-state index in [4.69, 9.17) is 4.99 Å². The van der Waals surface area contributed by atoms with Crippen molar-refractivity contribution >= 4 is 15.9 Å². The Kier molecular flexibility index (Phi) is 6.41. The summed E-state index contributed by atoms with van der Waals surface area (Å²) in [6.45, 7) is 2.11. The summed E-state index contributed by atoms with van der Waals surface area (Å²) >= 11 is 0. The largest absolute Gasteiger partial charge is 0.370 e. The van der Waals surface area contributed by atoms with Gasteiger partial charge in [-0.15, -0.1) is 0 Å². The molecule has 9 heteroatoms. The summed E-state index contributed by atoms with van der Waals surface area (Å²) in [5.74, 6) is -0.887. The number of nitrogens with one attached hydrogen (secondary N) is 2. The highest BCUT2D eigenvalue weighted by atomic mass is 32.2. The molecule has 2 aliphatic heterocycles. The molecule has 1 aromatic rings. The summed E-state index contributed by atoms with van der Waals surface area (Å²) in [4.78, 5) is 4.37. The van der Waals surface area contributed by atoms with E-state index in [2.05, 4.69) is 10.6 Å². The zero-order chi connectivity index (χ0) is 21.2. The molecule has 2 fully saturated rings. The molecule has 4 rings (SSSR count). The molecular formula is C21H30F2N4O2S. The van der Waals surface area contributed by atoms with E-state index >= 15 is 0 Å². The van der Waals surface area contributed by atoms with Crippen molar-refractivity contribution in [2.45, 2.75) is 67.8 Å². The van der Waals surface area contributed by atoms with Crippen molar-refractivity contribution in [3.8, 4) is 0 Å². The molecular weight excluding hydrogens is 410 g/mol. The Morgan fingerprint density at radius 2 is 1.83 bits per heavy atom. The lowest BCUT2D eigenvalue weighted by molar-refractivity contribution is 0.245. The molecule has 2 heterocycles. The van der Waals surface area contributed by atoms with Gasteiger partial charge in [0.1, 0.15) is 22.4 Å². The van der Waals surface area contributed by atoms with Crippen LogP contribution in [0.25, 0.3) is 0 Å². The highest BCUT2D eigenvalue weighted by Crippen LogP contribution is 2.30. The van der Waals surface area contributed by atoms with E-state index in [9.17, 15) is 17.2 Å². The minimum Gasteiger partial charge on any atom is -0.370 e. The average molecular weight is 441 g/mol. The Morgan fingerprint density at radius 1 is 1.10 bits per heavy atom. The van der Waals surface area contributed by atoms with Crippen LogP contribution in [-0.2, 0) is 10.0 Å². The van der Waals surface area contributed by atoms with Crippen LogP contribution in [0.4, 0.5) is 8.78 Å². The van der Waals surface area contributed by atoms with Crippen LogP contribution in [0.5, 0.6) is 0 Å². The molecule has 1 spiro atoms. The summed E-state index contributed by atoms with van der Waals surface area (Å²) in [5.41, 5.74) is -0.374. The van der Waals surface area contributed by atoms with Gasteiger partial charge in [-0.05, 0) is 50.8 Å². The van der Waals surface area contributed by atoms with Gasteiger partial charge >= 0.3 is 0 Å². The maximum atomic E-state index is 14.1. The van der Waals surface area contributed by atoms with E-state index < -0.39 is 26.6 Å². The predicted octanol–water partition coefficient (Wildman–Crippen LogP) is 2.80. The van der Waals surface area contributed by atoms with Crippen molar-refractivity contribution in [3.63, 3.8) is 0 Å². The molecule has 166 valence electrons. The molecule has 0 radical (unpaired) electrons. The topological polar surface area (TPSA) is 73.8 Å². The Morgan fingerprint density at radius 3 is 2.53 bits per heavy atom. The number of amidine groups is 1.